The maximum Gasteiger partial charge on any atom is 0.348 e. The number of carbonyl (C=O) groups is 1. The minimum Gasteiger partial charge on any atom is -0.511 e. The molecule has 1 aliphatic carbocycles. The lowest BCUT2D eigenvalue weighted by molar-refractivity contribution is -0.166. The van der Waals surface area contributed by atoms with Crippen molar-refractivity contribution in [3.63, 3.8) is 0 Å². The van der Waals surface area contributed by atoms with Crippen molar-refractivity contribution in [3.8, 4) is 5.75 Å². The van der Waals surface area contributed by atoms with Crippen molar-refractivity contribution >= 4 is 29.3 Å². The van der Waals surface area contributed by atoms with Crippen LogP contribution in [0.2, 0.25) is 5.02 Å². The number of rotatable bonds is 8. The number of thioether (sulfide) groups is 1. The molecule has 7 heteroatoms. The first-order valence-electron chi connectivity index (χ1n) is 11.0. The molecule has 0 spiro atoms. The summed E-state index contributed by atoms with van der Waals surface area (Å²) in [5.41, 5.74) is 1.23. The molecule has 32 heavy (non-hydrogen) atoms. The highest BCUT2D eigenvalue weighted by Gasteiger charge is 2.48. The number of methoxy groups -OCH3 is 1. The zero-order valence-electron chi connectivity index (χ0n) is 18.2. The van der Waals surface area contributed by atoms with Gasteiger partial charge in [-0.05, 0) is 61.4 Å². The first kappa shape index (κ1) is 23.0. The maximum atomic E-state index is 13.0. The van der Waals surface area contributed by atoms with Crippen LogP contribution in [0.1, 0.15) is 49.8 Å². The number of aliphatic hydroxyl groups excluding tert-OH is 1. The molecule has 170 valence electrons. The summed E-state index contributed by atoms with van der Waals surface area (Å²) in [5.74, 6) is 1.12. The van der Waals surface area contributed by atoms with Gasteiger partial charge in [0.25, 0.3) is 0 Å². The molecule has 2 aliphatic rings. The van der Waals surface area contributed by atoms with E-state index in [9.17, 15) is 9.90 Å². The van der Waals surface area contributed by atoms with Crippen LogP contribution in [-0.4, -0.2) is 28.8 Å². The van der Waals surface area contributed by atoms with E-state index in [1.54, 1.807) is 13.3 Å². The Hall–Kier alpha value is -2.18. The fraction of sp³-hybridized carbons (Fsp3) is 0.440. The van der Waals surface area contributed by atoms with Gasteiger partial charge in [-0.2, -0.15) is 0 Å². The third-order valence-corrected chi connectivity index (χ3v) is 7.88. The number of aromatic nitrogens is 1. The Bertz CT molecular complexity index is 991. The smallest absolute Gasteiger partial charge is 0.348 e. The fourth-order valence-electron chi connectivity index (χ4n) is 4.76. The summed E-state index contributed by atoms with van der Waals surface area (Å²) in [7, 11) is 1.59. The van der Waals surface area contributed by atoms with Crippen LogP contribution in [-0.2, 0) is 21.7 Å². The summed E-state index contributed by atoms with van der Waals surface area (Å²) in [4.78, 5) is 17.6. The van der Waals surface area contributed by atoms with Crippen LogP contribution < -0.4 is 4.74 Å². The number of hydrogen-bond acceptors (Lipinski definition) is 6. The molecule has 0 saturated heterocycles. The Labute approximate surface area is 198 Å². The molecule has 1 fully saturated rings. The van der Waals surface area contributed by atoms with Crippen molar-refractivity contribution in [2.24, 2.45) is 5.92 Å². The topological polar surface area (TPSA) is 68.7 Å². The summed E-state index contributed by atoms with van der Waals surface area (Å²) >= 11 is 7.59. The predicted octanol–water partition coefficient (Wildman–Crippen LogP) is 6.26. The van der Waals surface area contributed by atoms with E-state index >= 15 is 0 Å². The lowest BCUT2D eigenvalue weighted by atomic mass is 9.77. The van der Waals surface area contributed by atoms with Gasteiger partial charge in [0, 0.05) is 18.4 Å². The van der Waals surface area contributed by atoms with Crippen LogP contribution in [0.15, 0.2) is 53.3 Å². The van der Waals surface area contributed by atoms with Gasteiger partial charge in [0.05, 0.1) is 17.8 Å². The average Bonchev–Trinajstić information content (AvgIpc) is 3.34. The van der Waals surface area contributed by atoms with E-state index in [2.05, 4.69) is 4.98 Å². The molecule has 1 saturated carbocycles. The number of hydrogen-bond donors (Lipinski definition) is 1. The number of nitrogens with zero attached hydrogens (tertiary/aromatic N) is 1. The number of benzene rings is 1. The molecule has 1 aliphatic heterocycles. The van der Waals surface area contributed by atoms with E-state index in [0.29, 0.717) is 40.7 Å². The monoisotopic (exact) mass is 473 g/mol. The van der Waals surface area contributed by atoms with Crippen molar-refractivity contribution in [1.29, 1.82) is 0 Å². The summed E-state index contributed by atoms with van der Waals surface area (Å²) < 4.78 is 11.4. The zero-order valence-corrected chi connectivity index (χ0v) is 19.8. The van der Waals surface area contributed by atoms with Gasteiger partial charge < -0.3 is 14.6 Å². The number of pyridine rings is 1. The normalized spacial score (nSPS) is 21.6. The molecule has 2 aromatic rings. The molecule has 1 aromatic carbocycles. The number of aryl methyl sites for hydroxylation is 1. The van der Waals surface area contributed by atoms with Gasteiger partial charge in [0.1, 0.15) is 22.0 Å². The molecule has 4 rings (SSSR count). The van der Waals surface area contributed by atoms with Gasteiger partial charge in [0.15, 0.2) is 0 Å². The van der Waals surface area contributed by atoms with E-state index in [1.807, 2.05) is 36.4 Å². The number of esters is 1. The van der Waals surface area contributed by atoms with Crippen molar-refractivity contribution in [2.45, 2.75) is 56.3 Å². The van der Waals surface area contributed by atoms with Crippen LogP contribution in [0, 0.1) is 5.92 Å². The second kappa shape index (κ2) is 10.2. The average molecular weight is 474 g/mol. The Morgan fingerprint density at radius 3 is 2.75 bits per heavy atom. The second-order valence-electron chi connectivity index (χ2n) is 8.47. The largest absolute Gasteiger partial charge is 0.511 e. The maximum absolute atomic E-state index is 13.0. The van der Waals surface area contributed by atoms with Crippen molar-refractivity contribution < 1.29 is 19.4 Å². The van der Waals surface area contributed by atoms with Gasteiger partial charge in [-0.1, -0.05) is 36.6 Å². The lowest BCUT2D eigenvalue weighted by Gasteiger charge is -2.41. The molecule has 2 heterocycles. The standard InChI is InChI=1S/C25H28ClNO4S/c1-30-22-10-9-17(14-20(22)26)11-12-25(18-6-2-3-7-18)15-21(28)23(24(29)31-25)32-16-19-8-4-5-13-27-19/h4-5,8-10,13-14,18,28H,2-3,6-7,11-12,15-16H2,1H3. The van der Waals surface area contributed by atoms with E-state index < -0.39 is 11.6 Å². The van der Waals surface area contributed by atoms with Gasteiger partial charge in [-0.15, -0.1) is 11.8 Å². The third kappa shape index (κ3) is 5.07. The predicted molar refractivity (Wildman–Crippen MR) is 127 cm³/mol. The fourth-order valence-corrected chi connectivity index (χ4v) is 5.91. The summed E-state index contributed by atoms with van der Waals surface area (Å²) in [6.07, 6.45) is 7.72. The molecule has 0 amide bonds. The Balaban J connectivity index is 1.52. The van der Waals surface area contributed by atoms with E-state index in [-0.39, 0.29) is 11.7 Å². The van der Waals surface area contributed by atoms with Crippen molar-refractivity contribution in [3.05, 3.63) is 69.5 Å². The van der Waals surface area contributed by atoms with Crippen LogP contribution >= 0.6 is 23.4 Å². The molecule has 1 N–H and O–H groups in total. The molecule has 0 radical (unpaired) electrons. The first-order chi connectivity index (χ1) is 15.5. The molecule has 1 atom stereocenters. The minimum atomic E-state index is -0.681. The lowest BCUT2D eigenvalue weighted by Crippen LogP contribution is -2.45. The molecular formula is C25H28ClNO4S. The highest BCUT2D eigenvalue weighted by molar-refractivity contribution is 8.03. The number of aliphatic hydroxyl groups is 1. The quantitative estimate of drug-likeness (QED) is 0.456. The Morgan fingerprint density at radius 2 is 2.09 bits per heavy atom. The van der Waals surface area contributed by atoms with E-state index in [4.69, 9.17) is 21.1 Å². The highest BCUT2D eigenvalue weighted by Crippen LogP contribution is 2.47. The van der Waals surface area contributed by atoms with Gasteiger partial charge in [0.2, 0.25) is 0 Å². The molecule has 0 bridgehead atoms. The summed E-state index contributed by atoms with van der Waals surface area (Å²) in [5, 5.41) is 11.5. The minimum absolute atomic E-state index is 0.141. The number of carbonyl (C=O) groups excluding carboxylic acids is 1. The SMILES string of the molecule is COc1ccc(CCC2(C3CCCC3)CC(O)=C(SCc3ccccn3)C(=O)O2)cc1Cl. The van der Waals surface area contributed by atoms with Crippen molar-refractivity contribution in [1.82, 2.24) is 4.98 Å². The zero-order chi connectivity index (χ0) is 22.6. The number of cyclic esters (lactones) is 1. The molecule has 5 nitrogen and oxygen atoms in total. The Kier molecular flexibility index (Phi) is 7.31. The van der Waals surface area contributed by atoms with Gasteiger partial charge in [-0.3, -0.25) is 4.98 Å². The van der Waals surface area contributed by atoms with E-state index in [0.717, 1.165) is 36.9 Å². The molecule has 1 unspecified atom stereocenters. The van der Waals surface area contributed by atoms with Gasteiger partial charge in [-0.25, -0.2) is 4.79 Å². The second-order valence-corrected chi connectivity index (χ2v) is 9.86. The highest BCUT2D eigenvalue weighted by atomic mass is 35.5. The van der Waals surface area contributed by atoms with E-state index in [1.165, 1.54) is 11.8 Å². The number of ether oxygens (including phenoxy) is 2. The summed E-state index contributed by atoms with van der Waals surface area (Å²) in [6.45, 7) is 0. The molecule has 1 aromatic heterocycles. The van der Waals surface area contributed by atoms with Crippen LogP contribution in [0.3, 0.4) is 0 Å². The number of halogens is 1. The van der Waals surface area contributed by atoms with Crippen LogP contribution in [0.25, 0.3) is 0 Å². The summed E-state index contributed by atoms with van der Waals surface area (Å²) in [6, 6.07) is 11.4. The van der Waals surface area contributed by atoms with Crippen LogP contribution in [0.5, 0.6) is 5.75 Å². The Morgan fingerprint density at radius 1 is 1.28 bits per heavy atom. The van der Waals surface area contributed by atoms with Gasteiger partial charge >= 0.3 is 5.97 Å². The molecular weight excluding hydrogens is 446 g/mol. The van der Waals surface area contributed by atoms with Crippen molar-refractivity contribution in [2.75, 3.05) is 7.11 Å². The third-order valence-electron chi connectivity index (χ3n) is 6.45. The first-order valence-corrected chi connectivity index (χ1v) is 12.4. The van der Waals surface area contributed by atoms with Crippen LogP contribution in [0.4, 0.5) is 0 Å².